The molecular weight excluding hydrogens is 352 g/mol. The average molecular weight is 378 g/mol. The van der Waals surface area contributed by atoms with E-state index in [4.69, 9.17) is 0 Å². The van der Waals surface area contributed by atoms with Crippen LogP contribution >= 0.6 is 0 Å². The molecule has 0 aliphatic heterocycles. The second-order valence-electron chi connectivity index (χ2n) is 7.73. The first kappa shape index (κ1) is 19.9. The zero-order chi connectivity index (χ0) is 19.4. The maximum atomic E-state index is 14.7. The van der Waals surface area contributed by atoms with E-state index < -0.39 is 29.9 Å². The van der Waals surface area contributed by atoms with E-state index in [2.05, 4.69) is 31.2 Å². The van der Waals surface area contributed by atoms with Crippen molar-refractivity contribution in [3.05, 3.63) is 70.8 Å². The summed E-state index contributed by atoms with van der Waals surface area (Å²) in [7, 11) is 0. The van der Waals surface area contributed by atoms with Gasteiger partial charge in [0.1, 0.15) is 0 Å². The maximum absolute atomic E-state index is 14.7. The Kier molecular flexibility index (Phi) is 6.23. The average Bonchev–Trinajstić information content (AvgIpc) is 2.66. The minimum absolute atomic E-state index is 0.146. The molecule has 27 heavy (non-hydrogen) atoms. The fourth-order valence-electron chi connectivity index (χ4n) is 4.16. The highest BCUT2D eigenvalue weighted by atomic mass is 19.3. The fourth-order valence-corrected chi connectivity index (χ4v) is 4.16. The van der Waals surface area contributed by atoms with Crippen LogP contribution < -0.4 is 0 Å². The summed E-state index contributed by atoms with van der Waals surface area (Å²) >= 11 is 0. The Labute approximate surface area is 158 Å². The van der Waals surface area contributed by atoms with E-state index in [1.165, 1.54) is 17.2 Å². The first-order valence-corrected chi connectivity index (χ1v) is 9.79. The Balaban J connectivity index is 1.59. The summed E-state index contributed by atoms with van der Waals surface area (Å²) in [6.45, 7) is 2.15. The fraction of sp³-hybridized carbons (Fsp3) is 0.478. The summed E-state index contributed by atoms with van der Waals surface area (Å²) in [5.74, 6) is -5.36. The molecule has 1 fully saturated rings. The second-order valence-corrected chi connectivity index (χ2v) is 7.73. The van der Waals surface area contributed by atoms with E-state index in [1.54, 1.807) is 0 Å². The molecule has 146 valence electrons. The van der Waals surface area contributed by atoms with Gasteiger partial charge in [-0.1, -0.05) is 43.7 Å². The van der Waals surface area contributed by atoms with Crippen molar-refractivity contribution in [3.63, 3.8) is 0 Å². The topological polar surface area (TPSA) is 0 Å². The van der Waals surface area contributed by atoms with Gasteiger partial charge < -0.3 is 0 Å². The van der Waals surface area contributed by atoms with Gasteiger partial charge in [0.25, 0.3) is 5.92 Å². The van der Waals surface area contributed by atoms with E-state index in [0.717, 1.165) is 37.8 Å². The number of hydrogen-bond acceptors (Lipinski definition) is 0. The third-order valence-corrected chi connectivity index (χ3v) is 5.74. The molecule has 0 amide bonds. The molecule has 0 spiro atoms. The lowest BCUT2D eigenvalue weighted by atomic mass is 9.75. The Morgan fingerprint density at radius 1 is 0.852 bits per heavy atom. The molecule has 1 aliphatic carbocycles. The maximum Gasteiger partial charge on any atom is 0.254 e. The van der Waals surface area contributed by atoms with Crippen LogP contribution in [-0.4, -0.2) is 5.92 Å². The van der Waals surface area contributed by atoms with Crippen molar-refractivity contribution in [2.45, 2.75) is 63.7 Å². The van der Waals surface area contributed by atoms with Crippen molar-refractivity contribution in [3.8, 4) is 0 Å². The molecule has 0 N–H and O–H groups in total. The summed E-state index contributed by atoms with van der Waals surface area (Å²) in [6.07, 6.45) is 4.03. The molecule has 0 radical (unpaired) electrons. The third kappa shape index (κ3) is 4.91. The number of halogens is 4. The molecule has 0 saturated heterocycles. The van der Waals surface area contributed by atoms with E-state index in [0.29, 0.717) is 18.8 Å². The molecule has 2 aromatic rings. The number of rotatable bonds is 6. The minimum Gasteiger partial charge on any atom is -0.206 e. The van der Waals surface area contributed by atoms with Crippen LogP contribution in [0.15, 0.2) is 42.5 Å². The molecule has 1 aliphatic rings. The van der Waals surface area contributed by atoms with Gasteiger partial charge in [-0.2, -0.15) is 0 Å². The summed E-state index contributed by atoms with van der Waals surface area (Å²) in [4.78, 5) is 0. The number of benzene rings is 2. The minimum atomic E-state index is -2.90. The van der Waals surface area contributed by atoms with Crippen LogP contribution in [0.4, 0.5) is 17.6 Å². The normalized spacial score (nSPS) is 20.6. The third-order valence-electron chi connectivity index (χ3n) is 5.74. The van der Waals surface area contributed by atoms with E-state index >= 15 is 0 Å². The van der Waals surface area contributed by atoms with Crippen molar-refractivity contribution in [1.29, 1.82) is 0 Å². The predicted molar refractivity (Wildman–Crippen MR) is 100 cm³/mol. The van der Waals surface area contributed by atoms with E-state index in [1.807, 2.05) is 0 Å². The van der Waals surface area contributed by atoms with Crippen molar-refractivity contribution < 1.29 is 17.6 Å². The van der Waals surface area contributed by atoms with Gasteiger partial charge in [0.2, 0.25) is 0 Å². The van der Waals surface area contributed by atoms with Gasteiger partial charge in [0.15, 0.2) is 11.6 Å². The number of alkyl halides is 2. The van der Waals surface area contributed by atoms with Crippen molar-refractivity contribution in [1.82, 2.24) is 0 Å². The highest BCUT2D eigenvalue weighted by molar-refractivity contribution is 5.26. The molecule has 0 heterocycles. The van der Waals surface area contributed by atoms with Gasteiger partial charge in [-0.15, -0.1) is 0 Å². The highest BCUT2D eigenvalue weighted by Crippen LogP contribution is 2.43. The van der Waals surface area contributed by atoms with Gasteiger partial charge in [-0.3, -0.25) is 0 Å². The molecule has 1 saturated carbocycles. The van der Waals surface area contributed by atoms with Crippen LogP contribution in [-0.2, 0) is 12.8 Å². The van der Waals surface area contributed by atoms with Crippen LogP contribution in [0.5, 0.6) is 0 Å². The monoisotopic (exact) mass is 378 g/mol. The zero-order valence-electron chi connectivity index (χ0n) is 15.7. The highest BCUT2D eigenvalue weighted by Gasteiger charge is 2.41. The van der Waals surface area contributed by atoms with Gasteiger partial charge in [0.05, 0.1) is 0 Å². The van der Waals surface area contributed by atoms with Crippen molar-refractivity contribution in [2.75, 3.05) is 0 Å². The van der Waals surface area contributed by atoms with E-state index in [-0.39, 0.29) is 5.56 Å². The molecule has 0 nitrogen and oxygen atoms in total. The molecule has 4 heteroatoms. The summed E-state index contributed by atoms with van der Waals surface area (Å²) < 4.78 is 55.6. The smallest absolute Gasteiger partial charge is 0.206 e. The lowest BCUT2D eigenvalue weighted by Crippen LogP contribution is -2.33. The summed E-state index contributed by atoms with van der Waals surface area (Å²) in [6, 6.07) is 11.6. The largest absolute Gasteiger partial charge is 0.254 e. The van der Waals surface area contributed by atoms with Crippen molar-refractivity contribution >= 4 is 0 Å². The zero-order valence-corrected chi connectivity index (χ0v) is 15.7. The molecule has 0 unspecified atom stereocenters. The van der Waals surface area contributed by atoms with Gasteiger partial charge >= 0.3 is 0 Å². The Morgan fingerprint density at radius 3 is 2.07 bits per heavy atom. The Morgan fingerprint density at radius 2 is 1.48 bits per heavy atom. The molecule has 2 aromatic carbocycles. The second kappa shape index (κ2) is 8.45. The first-order chi connectivity index (χ1) is 12.9. The van der Waals surface area contributed by atoms with Crippen LogP contribution in [0, 0.1) is 17.6 Å². The van der Waals surface area contributed by atoms with Crippen LogP contribution in [0.2, 0.25) is 0 Å². The van der Waals surface area contributed by atoms with Gasteiger partial charge in [-0.25, -0.2) is 17.6 Å². The molecule has 3 rings (SSSR count). The molecule has 0 aromatic heterocycles. The van der Waals surface area contributed by atoms with Crippen LogP contribution in [0.3, 0.4) is 0 Å². The first-order valence-electron chi connectivity index (χ1n) is 9.79. The van der Waals surface area contributed by atoms with Gasteiger partial charge in [-0.05, 0) is 66.8 Å². The molecule has 0 atom stereocenters. The lowest BCUT2D eigenvalue weighted by Gasteiger charge is -2.34. The predicted octanol–water partition coefficient (Wildman–Crippen LogP) is 7.07. The SMILES string of the molecule is CCCc1ccc(C2CCC(C(F)(F)Cc3ccc(F)c(F)c3)CC2)cc1. The summed E-state index contributed by atoms with van der Waals surface area (Å²) in [5, 5.41) is 0. The summed E-state index contributed by atoms with van der Waals surface area (Å²) in [5.41, 5.74) is 2.69. The van der Waals surface area contributed by atoms with Crippen molar-refractivity contribution in [2.24, 2.45) is 5.92 Å². The molecule has 0 bridgehead atoms. The van der Waals surface area contributed by atoms with E-state index in [9.17, 15) is 17.6 Å². The molecular formula is C23H26F4. The quantitative estimate of drug-likeness (QED) is 0.472. The lowest BCUT2D eigenvalue weighted by molar-refractivity contribution is -0.0715. The van der Waals surface area contributed by atoms with Crippen LogP contribution in [0.1, 0.15) is 61.6 Å². The number of hydrogen-bond donors (Lipinski definition) is 0. The standard InChI is InChI=1S/C23H26F4/c1-2-3-16-4-7-18(8-5-16)19-9-11-20(12-10-19)23(26,27)15-17-6-13-21(24)22(25)14-17/h4-8,13-14,19-20H,2-3,9-12,15H2,1H3. The Bertz CT molecular complexity index is 743. The Hall–Kier alpha value is -1.84. The van der Waals surface area contributed by atoms with Gasteiger partial charge in [0, 0.05) is 12.3 Å². The van der Waals surface area contributed by atoms with Crippen LogP contribution in [0.25, 0.3) is 0 Å². The number of aryl methyl sites for hydroxylation is 1.